The number of benzene rings is 8. The fourth-order valence-electron chi connectivity index (χ4n) is 11.6. The van der Waals surface area contributed by atoms with Gasteiger partial charge < -0.3 is 23.5 Å². The Balaban J connectivity index is 1.06. The first-order valence-corrected chi connectivity index (χ1v) is 22.7. The summed E-state index contributed by atoms with van der Waals surface area (Å²) in [5, 5.41) is 14.4. The molecule has 0 N–H and O–H groups in total. The third-order valence-corrected chi connectivity index (χ3v) is 14.3. The molecule has 15 rings (SSSR count). The zero-order chi connectivity index (χ0) is 44.7. The Hall–Kier alpha value is -9.45. The van der Waals surface area contributed by atoms with Gasteiger partial charge in [-0.25, -0.2) is 0 Å². The zero-order valence-electron chi connectivity index (χ0n) is 36.1. The van der Waals surface area contributed by atoms with E-state index in [1.165, 1.54) is 10.8 Å². The minimum Gasteiger partial charge on any atom is -0.457 e. The van der Waals surface area contributed by atoms with Crippen molar-refractivity contribution in [3.8, 4) is 51.8 Å². The highest BCUT2D eigenvalue weighted by Crippen LogP contribution is 2.65. The summed E-state index contributed by atoms with van der Waals surface area (Å²) in [6.45, 7) is 0. The first-order valence-electron chi connectivity index (χ1n) is 22.7. The lowest BCUT2D eigenvalue weighted by Crippen LogP contribution is -2.34. The van der Waals surface area contributed by atoms with Crippen molar-refractivity contribution < 1.29 is 9.47 Å². The van der Waals surface area contributed by atoms with E-state index in [1.807, 2.05) is 60.9 Å². The smallest absolute Gasteiger partial charge is 0.151 e. The molecule has 0 radical (unpaired) electrons. The van der Waals surface area contributed by atoms with Crippen LogP contribution in [0.5, 0.6) is 23.0 Å². The molecule has 0 saturated heterocycles. The number of hydrogen-bond donors (Lipinski definition) is 0. The van der Waals surface area contributed by atoms with Crippen LogP contribution in [0.3, 0.4) is 0 Å². The minimum absolute atomic E-state index is 0.613. The molecule has 8 heteroatoms. The van der Waals surface area contributed by atoms with E-state index in [0.717, 1.165) is 118 Å². The molecule has 8 nitrogen and oxygen atoms in total. The summed E-state index contributed by atoms with van der Waals surface area (Å²) in [5.41, 5.74) is 14.1. The van der Waals surface area contributed by atoms with Gasteiger partial charge in [-0.2, -0.15) is 5.26 Å². The Kier molecular flexibility index (Phi) is 7.34. The van der Waals surface area contributed by atoms with Crippen molar-refractivity contribution in [2.45, 2.75) is 5.41 Å². The molecule has 1 aliphatic carbocycles. The summed E-state index contributed by atoms with van der Waals surface area (Å²) in [4.78, 5) is 12.9. The number of ether oxygens (including phenoxy) is 2. The topological polar surface area (TPSA) is 81.1 Å². The van der Waals surface area contributed by atoms with Gasteiger partial charge in [0.25, 0.3) is 0 Å². The van der Waals surface area contributed by atoms with Gasteiger partial charge in [-0.1, -0.05) is 97.1 Å². The second-order valence-electron chi connectivity index (χ2n) is 17.6. The van der Waals surface area contributed by atoms with Crippen molar-refractivity contribution in [3.05, 3.63) is 234 Å². The first-order chi connectivity index (χ1) is 33.7. The molecule has 0 fully saturated rings. The largest absolute Gasteiger partial charge is 0.457 e. The van der Waals surface area contributed by atoms with Gasteiger partial charge in [0.2, 0.25) is 0 Å². The number of anilines is 3. The standard InChI is InChI=1S/C60H34N6O2/c61-34-36-26-29-49-42(31-36)41-15-3-6-19-48(41)65(49)38-32-45-59(63-35-38)58-44(16-12-30-62-58)60(45)43-28-27-37(64-46-17-4-1-13-39(46)40-14-2-5-18-47(40)64)33-56(43)68-55-25-11-22-52(57(55)60)66-50-20-7-9-23-53(50)67-54-24-10-8-21-51(54)66/h1-33,35H. The average molecular weight is 871 g/mol. The molecule has 12 aromatic rings. The monoisotopic (exact) mass is 870 g/mol. The number of fused-ring (bicyclic) bond motifs is 17. The van der Waals surface area contributed by atoms with Gasteiger partial charge in [-0.05, 0) is 96.6 Å². The fourth-order valence-corrected chi connectivity index (χ4v) is 11.6. The lowest BCUT2D eigenvalue weighted by atomic mass is 9.65. The number of para-hydroxylation sites is 7. The van der Waals surface area contributed by atoms with Crippen LogP contribution >= 0.6 is 0 Å². The quantitative estimate of drug-likeness (QED) is 0.176. The summed E-state index contributed by atoms with van der Waals surface area (Å²) in [6, 6.07) is 69.9. The molecule has 0 amide bonds. The molecular weight excluding hydrogens is 837 g/mol. The van der Waals surface area contributed by atoms with Crippen LogP contribution in [0.4, 0.5) is 17.1 Å². The molecule has 2 aliphatic heterocycles. The SMILES string of the molecule is N#Cc1ccc2c(c1)c1ccccc1n2-c1cnc2c(c1)C1(c3ccc(-n4c5ccccc5c5ccccc54)cc3Oc3cccc(N4c5ccccc5Oc5ccccc54)c31)c1cccnc1-2. The van der Waals surface area contributed by atoms with Crippen LogP contribution in [0.2, 0.25) is 0 Å². The molecule has 8 aromatic carbocycles. The molecule has 1 unspecified atom stereocenters. The zero-order valence-corrected chi connectivity index (χ0v) is 36.1. The van der Waals surface area contributed by atoms with Crippen LogP contribution in [0, 0.1) is 11.3 Å². The molecule has 1 spiro atoms. The lowest BCUT2D eigenvalue weighted by molar-refractivity contribution is 0.436. The van der Waals surface area contributed by atoms with E-state index in [-0.39, 0.29) is 0 Å². The average Bonchev–Trinajstić information content (AvgIpc) is 4.01. The van der Waals surface area contributed by atoms with E-state index in [4.69, 9.17) is 19.4 Å². The van der Waals surface area contributed by atoms with Gasteiger partial charge >= 0.3 is 0 Å². The maximum atomic E-state index is 9.98. The van der Waals surface area contributed by atoms with E-state index in [0.29, 0.717) is 5.56 Å². The second-order valence-corrected chi connectivity index (χ2v) is 17.6. The van der Waals surface area contributed by atoms with E-state index in [1.54, 1.807) is 0 Å². The predicted molar refractivity (Wildman–Crippen MR) is 268 cm³/mol. The van der Waals surface area contributed by atoms with Crippen LogP contribution in [-0.4, -0.2) is 19.1 Å². The molecule has 3 aliphatic rings. The van der Waals surface area contributed by atoms with Crippen molar-refractivity contribution >= 4 is 60.7 Å². The Morgan fingerprint density at radius 1 is 0.426 bits per heavy atom. The first kappa shape index (κ1) is 36.8. The third-order valence-electron chi connectivity index (χ3n) is 14.3. The van der Waals surface area contributed by atoms with Crippen molar-refractivity contribution in [1.29, 1.82) is 5.26 Å². The van der Waals surface area contributed by atoms with E-state index in [9.17, 15) is 5.26 Å². The van der Waals surface area contributed by atoms with Crippen LogP contribution < -0.4 is 14.4 Å². The van der Waals surface area contributed by atoms with Gasteiger partial charge in [0.1, 0.15) is 11.5 Å². The van der Waals surface area contributed by atoms with Crippen LogP contribution in [0.25, 0.3) is 66.4 Å². The molecule has 316 valence electrons. The molecule has 6 heterocycles. The molecule has 0 saturated carbocycles. The molecule has 4 aromatic heterocycles. The summed E-state index contributed by atoms with van der Waals surface area (Å²) in [5.74, 6) is 2.99. The lowest BCUT2D eigenvalue weighted by Gasteiger charge is -2.43. The number of aromatic nitrogens is 4. The highest BCUT2D eigenvalue weighted by molar-refractivity contribution is 6.11. The fraction of sp³-hybridized carbons (Fsp3) is 0.0167. The highest BCUT2D eigenvalue weighted by Gasteiger charge is 2.55. The Morgan fingerprint density at radius 2 is 1.01 bits per heavy atom. The summed E-state index contributed by atoms with van der Waals surface area (Å²) >= 11 is 0. The Labute approximate surface area is 389 Å². The number of pyridine rings is 2. The molecule has 68 heavy (non-hydrogen) atoms. The summed E-state index contributed by atoms with van der Waals surface area (Å²) < 4.78 is 18.6. The van der Waals surface area contributed by atoms with Crippen LogP contribution in [0.1, 0.15) is 27.8 Å². The van der Waals surface area contributed by atoms with Crippen LogP contribution in [0.15, 0.2) is 207 Å². The number of rotatable bonds is 3. The Morgan fingerprint density at radius 3 is 1.74 bits per heavy atom. The second kappa shape index (κ2) is 13.5. The van der Waals surface area contributed by atoms with E-state index >= 15 is 0 Å². The predicted octanol–water partition coefficient (Wildman–Crippen LogP) is 14.6. The minimum atomic E-state index is -0.990. The molecule has 1 atom stereocenters. The van der Waals surface area contributed by atoms with Crippen molar-refractivity contribution in [2.24, 2.45) is 0 Å². The summed E-state index contributed by atoms with van der Waals surface area (Å²) in [7, 11) is 0. The highest BCUT2D eigenvalue weighted by atomic mass is 16.5. The van der Waals surface area contributed by atoms with Gasteiger partial charge in [-0.3, -0.25) is 9.97 Å². The maximum Gasteiger partial charge on any atom is 0.151 e. The van der Waals surface area contributed by atoms with Gasteiger partial charge in [0.15, 0.2) is 11.5 Å². The summed E-state index contributed by atoms with van der Waals surface area (Å²) in [6.07, 6.45) is 3.83. The third kappa shape index (κ3) is 4.76. The van der Waals surface area contributed by atoms with Crippen molar-refractivity contribution in [3.63, 3.8) is 0 Å². The Bertz CT molecular complexity index is 4120. The van der Waals surface area contributed by atoms with E-state index in [2.05, 4.69) is 166 Å². The van der Waals surface area contributed by atoms with Gasteiger partial charge in [0, 0.05) is 56.2 Å². The van der Waals surface area contributed by atoms with E-state index < -0.39 is 5.41 Å². The van der Waals surface area contributed by atoms with Crippen molar-refractivity contribution in [2.75, 3.05) is 4.90 Å². The van der Waals surface area contributed by atoms with Crippen molar-refractivity contribution in [1.82, 2.24) is 19.1 Å². The number of nitriles is 1. The van der Waals surface area contributed by atoms with Crippen LogP contribution in [-0.2, 0) is 5.41 Å². The molecule has 0 bridgehead atoms. The molecular formula is C60H34N6O2. The number of hydrogen-bond acceptors (Lipinski definition) is 6. The normalized spacial score (nSPS) is 15.0. The maximum absolute atomic E-state index is 9.98. The van der Waals surface area contributed by atoms with Gasteiger partial charge in [-0.15, -0.1) is 0 Å². The number of nitrogens with zero attached hydrogens (tertiary/aromatic N) is 6. The van der Waals surface area contributed by atoms with Gasteiger partial charge in [0.05, 0.1) is 79.4 Å².